The third kappa shape index (κ3) is 3.37. The minimum atomic E-state index is -0.985. The first-order valence-electron chi connectivity index (χ1n) is 6.22. The van der Waals surface area contributed by atoms with Crippen LogP contribution in [0.2, 0.25) is 0 Å². The molecule has 0 aromatic heterocycles. The van der Waals surface area contributed by atoms with E-state index in [1.54, 1.807) is 12.1 Å². The Balaban J connectivity index is 2.01. The van der Waals surface area contributed by atoms with Crippen molar-refractivity contribution >= 4 is 12.0 Å². The van der Waals surface area contributed by atoms with Crippen LogP contribution in [0, 0.1) is 5.82 Å². The number of carboxylic acid groups (broad SMARTS) is 1. The van der Waals surface area contributed by atoms with Gasteiger partial charge in [-0.3, -0.25) is 4.79 Å². The molecule has 2 N–H and O–H groups in total. The zero-order chi connectivity index (χ0) is 14.5. The quantitative estimate of drug-likeness (QED) is 0.873. The molecule has 0 radical (unpaired) electrons. The summed E-state index contributed by atoms with van der Waals surface area (Å²) >= 11 is 0. The molecule has 0 saturated heterocycles. The Morgan fingerprint density at radius 1 is 1.45 bits per heavy atom. The molecule has 0 fully saturated rings. The van der Waals surface area contributed by atoms with E-state index in [1.165, 1.54) is 11.0 Å². The number of benzene rings is 1. The van der Waals surface area contributed by atoms with Crippen molar-refractivity contribution in [2.45, 2.75) is 13.0 Å². The third-order valence-corrected chi connectivity index (χ3v) is 2.95. The number of hydrogen-bond donors (Lipinski definition) is 2. The molecule has 0 atom stereocenters. The first-order valence-corrected chi connectivity index (χ1v) is 6.22. The fourth-order valence-corrected chi connectivity index (χ4v) is 1.92. The molecule has 0 spiro atoms. The molecule has 1 aliphatic heterocycles. The standard InChI is InChI=1S/C13H15FN2O4/c14-10-2-1-3-11-9(10)8-16(6-7-20-11)13(19)15-5-4-12(17)18/h1-3H,4-8H2,(H,15,19)(H,17,18). The van der Waals surface area contributed by atoms with Crippen LogP contribution in [0.5, 0.6) is 5.75 Å². The van der Waals surface area contributed by atoms with Gasteiger partial charge in [-0.2, -0.15) is 0 Å². The van der Waals surface area contributed by atoms with Crippen LogP contribution in [0.3, 0.4) is 0 Å². The fraction of sp³-hybridized carbons (Fsp3) is 0.385. The average Bonchev–Trinajstić information content (AvgIpc) is 2.61. The van der Waals surface area contributed by atoms with Gasteiger partial charge in [0.25, 0.3) is 0 Å². The lowest BCUT2D eigenvalue weighted by molar-refractivity contribution is -0.136. The van der Waals surface area contributed by atoms with Gasteiger partial charge in [0, 0.05) is 12.1 Å². The van der Waals surface area contributed by atoms with Gasteiger partial charge < -0.3 is 20.1 Å². The summed E-state index contributed by atoms with van der Waals surface area (Å²) in [5.41, 5.74) is 0.332. The topological polar surface area (TPSA) is 78.9 Å². The van der Waals surface area contributed by atoms with Gasteiger partial charge in [-0.25, -0.2) is 9.18 Å². The van der Waals surface area contributed by atoms with Crippen LogP contribution >= 0.6 is 0 Å². The number of ether oxygens (including phenoxy) is 1. The lowest BCUT2D eigenvalue weighted by Crippen LogP contribution is -2.41. The number of amides is 2. The van der Waals surface area contributed by atoms with Gasteiger partial charge in [0.2, 0.25) is 0 Å². The SMILES string of the molecule is O=C(O)CCNC(=O)N1CCOc2cccc(F)c2C1. The van der Waals surface area contributed by atoms with Gasteiger partial charge in [0.1, 0.15) is 18.2 Å². The van der Waals surface area contributed by atoms with Crippen molar-refractivity contribution in [1.82, 2.24) is 10.2 Å². The molecule has 108 valence electrons. The predicted molar refractivity (Wildman–Crippen MR) is 68.0 cm³/mol. The van der Waals surface area contributed by atoms with E-state index < -0.39 is 17.8 Å². The molecule has 0 saturated carbocycles. The number of carbonyl (C=O) groups excluding carboxylic acids is 1. The summed E-state index contributed by atoms with van der Waals surface area (Å²) in [4.78, 5) is 23.7. The molecule has 0 unspecified atom stereocenters. The maximum atomic E-state index is 13.7. The Morgan fingerprint density at radius 2 is 2.25 bits per heavy atom. The Kier molecular flexibility index (Phi) is 4.39. The molecule has 2 amide bonds. The van der Waals surface area contributed by atoms with Gasteiger partial charge in [-0.05, 0) is 12.1 Å². The number of halogens is 1. The largest absolute Gasteiger partial charge is 0.491 e. The highest BCUT2D eigenvalue weighted by atomic mass is 19.1. The van der Waals surface area contributed by atoms with E-state index in [2.05, 4.69) is 5.32 Å². The summed E-state index contributed by atoms with van der Waals surface area (Å²) in [6, 6.07) is 4.10. The van der Waals surface area contributed by atoms with E-state index in [1.807, 2.05) is 0 Å². The average molecular weight is 282 g/mol. The number of hydrogen-bond acceptors (Lipinski definition) is 3. The third-order valence-electron chi connectivity index (χ3n) is 2.95. The van der Waals surface area contributed by atoms with Gasteiger partial charge >= 0.3 is 12.0 Å². The molecule has 1 heterocycles. The second-order valence-electron chi connectivity index (χ2n) is 4.36. The van der Waals surface area contributed by atoms with Crippen molar-refractivity contribution in [3.8, 4) is 5.75 Å². The smallest absolute Gasteiger partial charge is 0.317 e. The van der Waals surface area contributed by atoms with Crippen LogP contribution in [0.25, 0.3) is 0 Å². The van der Waals surface area contributed by atoms with E-state index in [0.717, 1.165) is 0 Å². The normalized spacial score (nSPS) is 13.9. The summed E-state index contributed by atoms with van der Waals surface area (Å²) in [7, 11) is 0. The Hall–Kier alpha value is -2.31. The van der Waals surface area contributed by atoms with Crippen LogP contribution in [-0.4, -0.2) is 41.7 Å². The maximum absolute atomic E-state index is 13.7. The fourth-order valence-electron chi connectivity index (χ4n) is 1.92. The summed E-state index contributed by atoms with van der Waals surface area (Å²) in [6.45, 7) is 0.715. The first kappa shape index (κ1) is 14.1. The minimum absolute atomic E-state index is 0.0374. The van der Waals surface area contributed by atoms with Crippen LogP contribution < -0.4 is 10.1 Å². The summed E-state index contributed by atoms with van der Waals surface area (Å²) in [6.07, 6.45) is -0.152. The molecule has 6 nitrogen and oxygen atoms in total. The van der Waals surface area contributed by atoms with E-state index in [9.17, 15) is 14.0 Å². The highest BCUT2D eigenvalue weighted by Gasteiger charge is 2.21. The Labute approximate surface area is 115 Å². The number of rotatable bonds is 3. The van der Waals surface area contributed by atoms with Gasteiger partial charge in [-0.15, -0.1) is 0 Å². The van der Waals surface area contributed by atoms with Crippen LogP contribution in [0.1, 0.15) is 12.0 Å². The van der Waals surface area contributed by atoms with E-state index in [-0.39, 0.29) is 26.1 Å². The van der Waals surface area contributed by atoms with Crippen molar-refractivity contribution in [3.63, 3.8) is 0 Å². The highest BCUT2D eigenvalue weighted by molar-refractivity contribution is 5.75. The van der Waals surface area contributed by atoms with E-state index >= 15 is 0 Å². The van der Waals surface area contributed by atoms with Crippen molar-refractivity contribution in [3.05, 3.63) is 29.6 Å². The Morgan fingerprint density at radius 3 is 3.00 bits per heavy atom. The number of fused-ring (bicyclic) bond motifs is 1. The van der Waals surface area contributed by atoms with Crippen LogP contribution in [-0.2, 0) is 11.3 Å². The molecular formula is C13H15FN2O4. The molecule has 0 aliphatic carbocycles. The molecule has 7 heteroatoms. The van der Waals surface area contributed by atoms with Gasteiger partial charge in [0.15, 0.2) is 0 Å². The lowest BCUT2D eigenvalue weighted by atomic mass is 10.2. The number of carbonyl (C=O) groups is 2. The number of urea groups is 1. The van der Waals surface area contributed by atoms with Crippen LogP contribution in [0.4, 0.5) is 9.18 Å². The zero-order valence-electron chi connectivity index (χ0n) is 10.8. The Bertz CT molecular complexity index is 521. The lowest BCUT2D eigenvalue weighted by Gasteiger charge is -2.20. The molecule has 20 heavy (non-hydrogen) atoms. The van der Waals surface area contributed by atoms with Crippen molar-refractivity contribution in [2.75, 3.05) is 19.7 Å². The second-order valence-corrected chi connectivity index (χ2v) is 4.36. The predicted octanol–water partition coefficient (Wildman–Crippen LogP) is 1.20. The molecule has 2 rings (SSSR count). The molecule has 1 aliphatic rings. The number of carboxylic acids is 1. The minimum Gasteiger partial charge on any atom is -0.491 e. The summed E-state index contributed by atoms with van der Waals surface area (Å²) in [5.74, 6) is -0.973. The highest BCUT2D eigenvalue weighted by Crippen LogP contribution is 2.25. The number of aliphatic carboxylic acids is 1. The summed E-state index contributed by atoms with van der Waals surface area (Å²) < 4.78 is 19.1. The monoisotopic (exact) mass is 282 g/mol. The van der Waals surface area contributed by atoms with Crippen molar-refractivity contribution in [2.24, 2.45) is 0 Å². The number of nitrogens with one attached hydrogen (secondary N) is 1. The number of nitrogens with zero attached hydrogens (tertiary/aromatic N) is 1. The summed E-state index contributed by atoms with van der Waals surface area (Å²) in [5, 5.41) is 11.0. The maximum Gasteiger partial charge on any atom is 0.317 e. The molecule has 1 aromatic carbocycles. The van der Waals surface area contributed by atoms with Crippen LogP contribution in [0.15, 0.2) is 18.2 Å². The first-order chi connectivity index (χ1) is 9.58. The molecule has 1 aromatic rings. The van der Waals surface area contributed by atoms with Crippen molar-refractivity contribution in [1.29, 1.82) is 0 Å². The molecule has 0 bridgehead atoms. The van der Waals surface area contributed by atoms with Gasteiger partial charge in [-0.1, -0.05) is 6.07 Å². The molecular weight excluding hydrogens is 267 g/mol. The van der Waals surface area contributed by atoms with Gasteiger partial charge in [0.05, 0.1) is 19.5 Å². The van der Waals surface area contributed by atoms with Crippen molar-refractivity contribution < 1.29 is 23.8 Å². The second kappa shape index (κ2) is 6.23. The zero-order valence-corrected chi connectivity index (χ0v) is 10.8. The van der Waals surface area contributed by atoms with E-state index in [0.29, 0.717) is 17.9 Å². The van der Waals surface area contributed by atoms with E-state index in [4.69, 9.17) is 9.84 Å².